The topological polar surface area (TPSA) is 33.7 Å². The van der Waals surface area contributed by atoms with Crippen molar-refractivity contribution < 1.29 is 9.47 Å². The Balaban J connectivity index is 2.30. The number of nitrogens with one attached hydrogen (secondary N) is 1. The molecule has 0 spiro atoms. The molecule has 0 radical (unpaired) electrons. The zero-order valence-electron chi connectivity index (χ0n) is 13.0. The van der Waals surface area contributed by atoms with Crippen LogP contribution < -0.4 is 14.8 Å². The molecular weight excluding hydrogens is 252 g/mol. The number of ether oxygens (including phenoxy) is 2. The van der Waals surface area contributed by atoms with Crippen LogP contribution in [-0.4, -0.2) is 45.3 Å². The lowest BCUT2D eigenvalue weighted by Gasteiger charge is -2.28. The van der Waals surface area contributed by atoms with E-state index in [0.717, 1.165) is 44.2 Å². The summed E-state index contributed by atoms with van der Waals surface area (Å²) in [7, 11) is 3.47. The molecule has 1 aliphatic heterocycles. The van der Waals surface area contributed by atoms with Crippen molar-refractivity contribution >= 4 is 0 Å². The van der Waals surface area contributed by atoms with Crippen molar-refractivity contribution in [3.63, 3.8) is 0 Å². The van der Waals surface area contributed by atoms with Crippen molar-refractivity contribution in [3.8, 4) is 11.5 Å². The second kappa shape index (κ2) is 6.95. The Hall–Kier alpha value is -1.26. The number of piperazine rings is 1. The average molecular weight is 278 g/mol. The molecule has 0 bridgehead atoms. The van der Waals surface area contributed by atoms with Crippen molar-refractivity contribution in [2.75, 3.05) is 40.4 Å². The fourth-order valence-corrected chi connectivity index (χ4v) is 2.83. The molecule has 1 heterocycles. The van der Waals surface area contributed by atoms with Gasteiger partial charge in [0.05, 0.1) is 14.2 Å². The predicted octanol–water partition coefficient (Wildman–Crippen LogP) is 2.23. The molecule has 0 unspecified atom stereocenters. The van der Waals surface area contributed by atoms with Crippen molar-refractivity contribution in [2.24, 2.45) is 0 Å². The second-order valence-corrected chi connectivity index (χ2v) is 5.55. The SMILES string of the molecule is COc1ccc(CN2CCNCC2)c(OC)c1C(C)C. The van der Waals surface area contributed by atoms with Gasteiger partial charge in [0.15, 0.2) is 0 Å². The summed E-state index contributed by atoms with van der Waals surface area (Å²) in [4.78, 5) is 2.46. The molecule has 1 N–H and O–H groups in total. The van der Waals surface area contributed by atoms with Gasteiger partial charge in [0.1, 0.15) is 11.5 Å². The lowest BCUT2D eigenvalue weighted by molar-refractivity contribution is 0.229. The molecule has 1 fully saturated rings. The molecule has 0 atom stereocenters. The third-order valence-electron chi connectivity index (χ3n) is 3.84. The second-order valence-electron chi connectivity index (χ2n) is 5.55. The zero-order valence-corrected chi connectivity index (χ0v) is 13.0. The number of methoxy groups -OCH3 is 2. The molecule has 0 aromatic heterocycles. The zero-order chi connectivity index (χ0) is 14.5. The normalized spacial score (nSPS) is 16.4. The summed E-state index contributed by atoms with van der Waals surface area (Å²) in [5, 5.41) is 3.38. The molecule has 4 heteroatoms. The summed E-state index contributed by atoms with van der Waals surface area (Å²) < 4.78 is 11.2. The van der Waals surface area contributed by atoms with Crippen molar-refractivity contribution in [3.05, 3.63) is 23.3 Å². The van der Waals surface area contributed by atoms with Crippen LogP contribution in [0.25, 0.3) is 0 Å². The summed E-state index contributed by atoms with van der Waals surface area (Å²) in [6, 6.07) is 4.20. The van der Waals surface area contributed by atoms with E-state index < -0.39 is 0 Å². The first-order chi connectivity index (χ1) is 9.67. The summed E-state index contributed by atoms with van der Waals surface area (Å²) in [6.45, 7) is 9.60. The van der Waals surface area contributed by atoms with Crippen LogP contribution >= 0.6 is 0 Å². The molecular formula is C16H26N2O2. The third-order valence-corrected chi connectivity index (χ3v) is 3.84. The highest BCUT2D eigenvalue weighted by Gasteiger charge is 2.19. The van der Waals surface area contributed by atoms with Crippen LogP contribution in [0.5, 0.6) is 11.5 Å². The van der Waals surface area contributed by atoms with E-state index in [2.05, 4.69) is 36.2 Å². The maximum absolute atomic E-state index is 5.70. The van der Waals surface area contributed by atoms with Gasteiger partial charge in [-0.05, 0) is 12.0 Å². The Labute approximate surface area is 122 Å². The lowest BCUT2D eigenvalue weighted by atomic mass is 9.97. The highest BCUT2D eigenvalue weighted by atomic mass is 16.5. The van der Waals surface area contributed by atoms with E-state index in [1.807, 2.05) is 0 Å². The van der Waals surface area contributed by atoms with Crippen LogP contribution in [-0.2, 0) is 6.54 Å². The Morgan fingerprint density at radius 1 is 1.15 bits per heavy atom. The summed E-state index contributed by atoms with van der Waals surface area (Å²) in [6.07, 6.45) is 0. The van der Waals surface area contributed by atoms with Gasteiger partial charge in [-0.15, -0.1) is 0 Å². The van der Waals surface area contributed by atoms with Gasteiger partial charge in [-0.25, -0.2) is 0 Å². The summed E-state index contributed by atoms with van der Waals surface area (Å²) in [5.74, 6) is 2.28. The van der Waals surface area contributed by atoms with Gasteiger partial charge in [0.2, 0.25) is 0 Å². The minimum absolute atomic E-state index is 0.378. The molecule has 20 heavy (non-hydrogen) atoms. The first-order valence-electron chi connectivity index (χ1n) is 7.34. The Morgan fingerprint density at radius 3 is 2.40 bits per heavy atom. The Kier molecular flexibility index (Phi) is 5.26. The first-order valence-corrected chi connectivity index (χ1v) is 7.34. The minimum atomic E-state index is 0.378. The molecule has 4 nitrogen and oxygen atoms in total. The highest BCUT2D eigenvalue weighted by Crippen LogP contribution is 2.38. The molecule has 1 aliphatic rings. The number of hydrogen-bond acceptors (Lipinski definition) is 4. The van der Waals surface area contributed by atoms with E-state index in [-0.39, 0.29) is 0 Å². The molecule has 0 aliphatic carbocycles. The molecule has 0 amide bonds. The van der Waals surface area contributed by atoms with Gasteiger partial charge >= 0.3 is 0 Å². The maximum Gasteiger partial charge on any atom is 0.130 e. The number of rotatable bonds is 5. The maximum atomic E-state index is 5.70. The molecule has 1 saturated heterocycles. The average Bonchev–Trinajstić information content (AvgIpc) is 2.47. The minimum Gasteiger partial charge on any atom is -0.496 e. The number of benzene rings is 1. The van der Waals surface area contributed by atoms with E-state index in [0.29, 0.717) is 5.92 Å². The standard InChI is InChI=1S/C16H26N2O2/c1-12(2)15-14(19-3)6-5-13(16(15)20-4)11-18-9-7-17-8-10-18/h5-6,12,17H,7-11H2,1-4H3. The van der Waals surface area contributed by atoms with Gasteiger partial charge in [-0.1, -0.05) is 19.9 Å². The fourth-order valence-electron chi connectivity index (χ4n) is 2.83. The van der Waals surface area contributed by atoms with E-state index in [1.165, 1.54) is 11.1 Å². The van der Waals surface area contributed by atoms with Gasteiger partial charge in [0.25, 0.3) is 0 Å². The molecule has 0 saturated carbocycles. The highest BCUT2D eigenvalue weighted by molar-refractivity contribution is 5.51. The Morgan fingerprint density at radius 2 is 1.85 bits per heavy atom. The van der Waals surface area contributed by atoms with Gasteiger partial charge in [-0.2, -0.15) is 0 Å². The number of nitrogens with zero attached hydrogens (tertiary/aromatic N) is 1. The summed E-state index contributed by atoms with van der Waals surface area (Å²) in [5.41, 5.74) is 2.42. The van der Waals surface area contributed by atoms with E-state index >= 15 is 0 Å². The monoisotopic (exact) mass is 278 g/mol. The van der Waals surface area contributed by atoms with Crippen LogP contribution in [0.2, 0.25) is 0 Å². The van der Waals surface area contributed by atoms with E-state index in [4.69, 9.17) is 9.47 Å². The fraction of sp³-hybridized carbons (Fsp3) is 0.625. The van der Waals surface area contributed by atoms with Crippen molar-refractivity contribution in [2.45, 2.75) is 26.3 Å². The largest absolute Gasteiger partial charge is 0.496 e. The molecule has 2 rings (SSSR count). The van der Waals surface area contributed by atoms with Crippen LogP contribution in [0, 0.1) is 0 Å². The number of hydrogen-bond donors (Lipinski definition) is 1. The lowest BCUT2D eigenvalue weighted by Crippen LogP contribution is -2.42. The van der Waals surface area contributed by atoms with Crippen LogP contribution in [0.15, 0.2) is 12.1 Å². The van der Waals surface area contributed by atoms with Gasteiger partial charge in [0, 0.05) is 43.9 Å². The van der Waals surface area contributed by atoms with Gasteiger partial charge < -0.3 is 14.8 Å². The van der Waals surface area contributed by atoms with Crippen LogP contribution in [0.1, 0.15) is 30.9 Å². The first kappa shape index (κ1) is 15.1. The third kappa shape index (κ3) is 3.25. The van der Waals surface area contributed by atoms with Crippen molar-refractivity contribution in [1.82, 2.24) is 10.2 Å². The quantitative estimate of drug-likeness (QED) is 0.895. The molecule has 1 aromatic carbocycles. The van der Waals surface area contributed by atoms with E-state index in [1.54, 1.807) is 14.2 Å². The molecule has 112 valence electrons. The Bertz CT molecular complexity index is 440. The predicted molar refractivity (Wildman–Crippen MR) is 81.8 cm³/mol. The summed E-state index contributed by atoms with van der Waals surface area (Å²) >= 11 is 0. The smallest absolute Gasteiger partial charge is 0.130 e. The van der Waals surface area contributed by atoms with Crippen LogP contribution in [0.3, 0.4) is 0 Å². The van der Waals surface area contributed by atoms with Crippen LogP contribution in [0.4, 0.5) is 0 Å². The molecule has 1 aromatic rings. The van der Waals surface area contributed by atoms with Crippen molar-refractivity contribution in [1.29, 1.82) is 0 Å². The van der Waals surface area contributed by atoms with E-state index in [9.17, 15) is 0 Å². The van der Waals surface area contributed by atoms with Gasteiger partial charge in [-0.3, -0.25) is 4.90 Å².